The highest BCUT2D eigenvalue weighted by Gasteiger charge is 2.48. The average molecular weight is 299 g/mol. The summed E-state index contributed by atoms with van der Waals surface area (Å²) in [7, 11) is -3.83. The van der Waals surface area contributed by atoms with Gasteiger partial charge in [0, 0.05) is 6.54 Å². The molecule has 20 heavy (non-hydrogen) atoms. The minimum Gasteiger partial charge on any atom is -0.389 e. The number of benzene rings is 1. The fourth-order valence-electron chi connectivity index (χ4n) is 2.74. The molecule has 110 valence electrons. The zero-order chi connectivity index (χ0) is 14.3. The van der Waals surface area contributed by atoms with E-state index in [0.29, 0.717) is 12.1 Å². The van der Waals surface area contributed by atoms with Gasteiger partial charge in [0.05, 0.1) is 23.6 Å². The number of aryl methyl sites for hydroxylation is 1. The van der Waals surface area contributed by atoms with Crippen LogP contribution in [0.3, 0.4) is 0 Å². The van der Waals surface area contributed by atoms with Gasteiger partial charge in [-0.2, -0.15) is 8.42 Å². The van der Waals surface area contributed by atoms with Gasteiger partial charge < -0.3 is 15.2 Å². The number of ether oxygens (including phenoxy) is 1. The second-order valence-electron chi connectivity index (χ2n) is 5.15. The van der Waals surface area contributed by atoms with Crippen molar-refractivity contribution in [2.75, 3.05) is 13.2 Å². The van der Waals surface area contributed by atoms with Crippen LogP contribution in [0.15, 0.2) is 29.2 Å². The van der Waals surface area contributed by atoms with Crippen LogP contribution in [-0.4, -0.2) is 51.0 Å². The Morgan fingerprint density at radius 3 is 2.90 bits per heavy atom. The van der Waals surface area contributed by atoms with Crippen LogP contribution in [0.4, 0.5) is 0 Å². The topological polar surface area (TPSA) is 84.9 Å². The first-order valence-electron chi connectivity index (χ1n) is 6.51. The summed E-state index contributed by atoms with van der Waals surface area (Å²) in [5.74, 6) is 0. The second-order valence-corrected chi connectivity index (χ2v) is 6.69. The maximum atomic E-state index is 12.3. The van der Waals surface area contributed by atoms with Crippen LogP contribution in [0, 0.1) is 6.92 Å². The Morgan fingerprint density at radius 2 is 2.15 bits per heavy atom. The number of hydrogen-bond acceptors (Lipinski definition) is 6. The average Bonchev–Trinajstić information content (AvgIpc) is 2.94. The maximum Gasteiger partial charge on any atom is 0.297 e. The number of nitrogens with one attached hydrogen (secondary N) is 1. The fraction of sp³-hybridized carbons (Fsp3) is 0.538. The Bertz CT molecular complexity index is 603. The molecule has 0 aromatic heterocycles. The van der Waals surface area contributed by atoms with Crippen molar-refractivity contribution in [3.05, 3.63) is 29.8 Å². The molecule has 0 amide bonds. The van der Waals surface area contributed by atoms with E-state index in [0.717, 1.165) is 0 Å². The summed E-state index contributed by atoms with van der Waals surface area (Å²) in [4.78, 5) is 0.169. The Kier molecular flexibility index (Phi) is 3.55. The van der Waals surface area contributed by atoms with Gasteiger partial charge in [0.25, 0.3) is 10.1 Å². The van der Waals surface area contributed by atoms with Crippen LogP contribution in [0.25, 0.3) is 0 Å². The number of fused-ring (bicyclic) bond motifs is 1. The van der Waals surface area contributed by atoms with Gasteiger partial charge in [0.15, 0.2) is 0 Å². The van der Waals surface area contributed by atoms with Crippen LogP contribution in [0.5, 0.6) is 0 Å². The van der Waals surface area contributed by atoms with Crippen molar-refractivity contribution in [3.63, 3.8) is 0 Å². The quantitative estimate of drug-likeness (QED) is 0.752. The van der Waals surface area contributed by atoms with Crippen LogP contribution in [-0.2, 0) is 19.0 Å². The molecule has 2 aliphatic heterocycles. The molecular formula is C13H17NO5S. The van der Waals surface area contributed by atoms with Gasteiger partial charge in [-0.05, 0) is 18.6 Å². The van der Waals surface area contributed by atoms with Gasteiger partial charge in [0.1, 0.15) is 12.2 Å². The molecule has 6 nitrogen and oxygen atoms in total. The molecule has 7 heteroatoms. The molecular weight excluding hydrogens is 282 g/mol. The van der Waals surface area contributed by atoms with Crippen molar-refractivity contribution in [2.45, 2.75) is 36.2 Å². The molecule has 2 N–H and O–H groups in total. The molecule has 1 aromatic carbocycles. The van der Waals surface area contributed by atoms with Gasteiger partial charge in [-0.25, -0.2) is 0 Å². The molecule has 3 rings (SSSR count). The van der Waals surface area contributed by atoms with Crippen molar-refractivity contribution in [3.8, 4) is 0 Å². The lowest BCUT2D eigenvalue weighted by molar-refractivity contribution is 0.0278. The van der Waals surface area contributed by atoms with E-state index in [4.69, 9.17) is 8.92 Å². The number of rotatable bonds is 3. The highest BCUT2D eigenvalue weighted by Crippen LogP contribution is 2.27. The van der Waals surface area contributed by atoms with E-state index in [1.165, 1.54) is 6.07 Å². The summed E-state index contributed by atoms with van der Waals surface area (Å²) >= 11 is 0. The first kappa shape index (κ1) is 14.0. The highest BCUT2D eigenvalue weighted by atomic mass is 32.2. The number of aliphatic hydroxyl groups is 1. The molecule has 0 radical (unpaired) electrons. The monoisotopic (exact) mass is 299 g/mol. The lowest BCUT2D eigenvalue weighted by Gasteiger charge is -2.17. The third kappa shape index (κ3) is 2.36. The highest BCUT2D eigenvalue weighted by molar-refractivity contribution is 7.86. The second kappa shape index (κ2) is 5.09. The van der Waals surface area contributed by atoms with Crippen molar-refractivity contribution in [1.82, 2.24) is 5.32 Å². The first-order chi connectivity index (χ1) is 9.49. The summed E-state index contributed by atoms with van der Waals surface area (Å²) in [6.07, 6.45) is -1.65. The maximum absolute atomic E-state index is 12.3. The van der Waals surface area contributed by atoms with Crippen molar-refractivity contribution in [1.29, 1.82) is 0 Å². The third-order valence-corrected chi connectivity index (χ3v) is 5.26. The van der Waals surface area contributed by atoms with Gasteiger partial charge in [-0.3, -0.25) is 4.18 Å². The predicted molar refractivity (Wildman–Crippen MR) is 70.8 cm³/mol. The third-order valence-electron chi connectivity index (χ3n) is 3.76. The van der Waals surface area contributed by atoms with Crippen LogP contribution < -0.4 is 5.32 Å². The van der Waals surface area contributed by atoms with E-state index in [1.807, 2.05) is 0 Å². The van der Waals surface area contributed by atoms with Crippen LogP contribution in [0.2, 0.25) is 0 Å². The van der Waals surface area contributed by atoms with E-state index in [2.05, 4.69) is 5.32 Å². The molecule has 0 spiro atoms. The molecule has 4 unspecified atom stereocenters. The van der Waals surface area contributed by atoms with Gasteiger partial charge in [-0.1, -0.05) is 18.2 Å². The summed E-state index contributed by atoms with van der Waals surface area (Å²) in [6, 6.07) is 6.43. The van der Waals surface area contributed by atoms with Gasteiger partial charge in [-0.15, -0.1) is 0 Å². The Morgan fingerprint density at radius 1 is 1.40 bits per heavy atom. The molecule has 1 aromatic rings. The largest absolute Gasteiger partial charge is 0.389 e. The van der Waals surface area contributed by atoms with Gasteiger partial charge >= 0.3 is 0 Å². The number of hydrogen-bond donors (Lipinski definition) is 2. The zero-order valence-electron chi connectivity index (χ0n) is 11.0. The normalized spacial score (nSPS) is 33.3. The first-order valence-corrected chi connectivity index (χ1v) is 7.92. The fourth-order valence-corrected chi connectivity index (χ4v) is 4.05. The minimum atomic E-state index is -3.83. The molecule has 4 atom stereocenters. The lowest BCUT2D eigenvalue weighted by atomic mass is 10.1. The van der Waals surface area contributed by atoms with Gasteiger partial charge in [0.2, 0.25) is 0 Å². The molecule has 0 bridgehead atoms. The van der Waals surface area contributed by atoms with Crippen molar-refractivity contribution in [2.24, 2.45) is 0 Å². The molecule has 2 saturated heterocycles. The van der Waals surface area contributed by atoms with Crippen molar-refractivity contribution >= 4 is 10.1 Å². The van der Waals surface area contributed by atoms with E-state index < -0.39 is 28.4 Å². The summed E-state index contributed by atoms with van der Waals surface area (Å²) < 4.78 is 35.3. The van der Waals surface area contributed by atoms with Crippen LogP contribution >= 0.6 is 0 Å². The SMILES string of the molecule is Cc1ccccc1S(=O)(=O)OC1CNC2C(O)COC12. The Labute approximate surface area is 117 Å². The Hall–Kier alpha value is -0.990. The summed E-state index contributed by atoms with van der Waals surface area (Å²) in [5, 5.41) is 12.7. The van der Waals surface area contributed by atoms with Crippen LogP contribution in [0.1, 0.15) is 5.56 Å². The van der Waals surface area contributed by atoms with E-state index in [-0.39, 0.29) is 17.5 Å². The molecule has 2 heterocycles. The predicted octanol–water partition coefficient (Wildman–Crippen LogP) is -0.200. The summed E-state index contributed by atoms with van der Waals surface area (Å²) in [5.41, 5.74) is 0.641. The smallest absolute Gasteiger partial charge is 0.297 e. The zero-order valence-corrected chi connectivity index (χ0v) is 11.8. The molecule has 0 aliphatic carbocycles. The Balaban J connectivity index is 1.80. The lowest BCUT2D eigenvalue weighted by Crippen LogP contribution is -2.37. The minimum absolute atomic E-state index is 0.169. The molecule has 0 saturated carbocycles. The van der Waals surface area contributed by atoms with E-state index >= 15 is 0 Å². The van der Waals surface area contributed by atoms with Crippen molar-refractivity contribution < 1.29 is 22.4 Å². The van der Waals surface area contributed by atoms with E-state index in [1.54, 1.807) is 25.1 Å². The molecule has 2 fully saturated rings. The molecule has 2 aliphatic rings. The van der Waals surface area contributed by atoms with E-state index in [9.17, 15) is 13.5 Å². The number of aliphatic hydroxyl groups excluding tert-OH is 1. The standard InChI is InChI=1S/C13H17NO5S/c1-8-4-2-3-5-11(8)20(16,17)19-10-6-14-12-9(15)7-18-13(10)12/h2-5,9-10,12-15H,6-7H2,1H3. The summed E-state index contributed by atoms with van der Waals surface area (Å²) in [6.45, 7) is 2.27.